The van der Waals surface area contributed by atoms with Crippen LogP contribution in [-0.4, -0.2) is 19.0 Å². The summed E-state index contributed by atoms with van der Waals surface area (Å²) >= 11 is 0. The fraction of sp³-hybridized carbons (Fsp3) is 0.333. The van der Waals surface area contributed by atoms with Gasteiger partial charge >= 0.3 is 0 Å². The van der Waals surface area contributed by atoms with Crippen molar-refractivity contribution in [1.82, 2.24) is 4.90 Å². The highest BCUT2D eigenvalue weighted by Gasteiger charge is 2.11. The number of hydrogen-bond donors (Lipinski definition) is 1. The first-order valence-corrected chi connectivity index (χ1v) is 3.79. The number of nitrogens with two attached hydrogens (primary N) is 1. The summed E-state index contributed by atoms with van der Waals surface area (Å²) in [6, 6.07) is 6.54. The second kappa shape index (κ2) is 3.65. The third kappa shape index (κ3) is 1.81. The monoisotopic (exact) mass is 168 g/mol. The lowest BCUT2D eigenvalue weighted by molar-refractivity contribution is 0.299. The molecule has 0 amide bonds. The van der Waals surface area contributed by atoms with E-state index < -0.39 is 0 Å². The third-order valence-electron chi connectivity index (χ3n) is 1.78. The summed E-state index contributed by atoms with van der Waals surface area (Å²) in [4.78, 5) is 1.76. The molecule has 2 N–H and O–H groups in total. The first-order valence-electron chi connectivity index (χ1n) is 3.79. The highest BCUT2D eigenvalue weighted by molar-refractivity contribution is 5.20. The maximum atomic E-state index is 13.1. The molecule has 0 aliphatic heterocycles. The average molecular weight is 168 g/mol. The summed E-state index contributed by atoms with van der Waals surface area (Å²) in [6.07, 6.45) is -0.369. The molecule has 1 rings (SSSR count). The number of halogens is 1. The highest BCUT2D eigenvalue weighted by atomic mass is 19.1. The molecule has 0 aliphatic rings. The smallest absolute Gasteiger partial charge is 0.129 e. The molecule has 0 spiro atoms. The lowest BCUT2D eigenvalue weighted by atomic mass is 10.1. The van der Waals surface area contributed by atoms with Gasteiger partial charge in [0.2, 0.25) is 0 Å². The van der Waals surface area contributed by atoms with Crippen LogP contribution in [0.15, 0.2) is 24.3 Å². The van der Waals surface area contributed by atoms with Crippen LogP contribution in [0.2, 0.25) is 0 Å². The molecule has 0 heterocycles. The van der Waals surface area contributed by atoms with Gasteiger partial charge in [0.1, 0.15) is 5.82 Å². The first kappa shape index (κ1) is 9.16. The van der Waals surface area contributed by atoms with Gasteiger partial charge in [0.05, 0.1) is 6.17 Å². The van der Waals surface area contributed by atoms with Gasteiger partial charge in [-0.3, -0.25) is 4.90 Å². The molecule has 66 valence electrons. The molecule has 2 nitrogen and oxygen atoms in total. The van der Waals surface area contributed by atoms with Crippen molar-refractivity contribution in [1.29, 1.82) is 0 Å². The van der Waals surface area contributed by atoms with Gasteiger partial charge in [0.15, 0.2) is 0 Å². The van der Waals surface area contributed by atoms with Crippen LogP contribution < -0.4 is 5.73 Å². The Hall–Kier alpha value is -0.930. The van der Waals surface area contributed by atoms with Crippen LogP contribution in [0.5, 0.6) is 0 Å². The van der Waals surface area contributed by atoms with Crippen molar-refractivity contribution in [2.75, 3.05) is 14.1 Å². The predicted molar refractivity (Wildman–Crippen MR) is 47.0 cm³/mol. The molecule has 0 aliphatic carbocycles. The topological polar surface area (TPSA) is 29.3 Å². The van der Waals surface area contributed by atoms with Gasteiger partial charge in [0, 0.05) is 5.56 Å². The van der Waals surface area contributed by atoms with Crippen LogP contribution in [-0.2, 0) is 0 Å². The van der Waals surface area contributed by atoms with Crippen LogP contribution in [0.1, 0.15) is 11.7 Å². The second-order valence-corrected chi connectivity index (χ2v) is 2.93. The maximum absolute atomic E-state index is 13.1. The Balaban J connectivity index is 2.94. The van der Waals surface area contributed by atoms with Crippen molar-refractivity contribution < 1.29 is 4.39 Å². The van der Waals surface area contributed by atoms with Gasteiger partial charge in [-0.2, -0.15) is 0 Å². The summed E-state index contributed by atoms with van der Waals surface area (Å²) in [7, 11) is 3.63. The summed E-state index contributed by atoms with van der Waals surface area (Å²) in [6.45, 7) is 0. The van der Waals surface area contributed by atoms with Crippen LogP contribution in [0.3, 0.4) is 0 Å². The summed E-state index contributed by atoms with van der Waals surface area (Å²) in [5, 5.41) is 0. The first-order chi connectivity index (χ1) is 5.63. The van der Waals surface area contributed by atoms with E-state index in [0.717, 1.165) is 0 Å². The van der Waals surface area contributed by atoms with Gasteiger partial charge in [-0.25, -0.2) is 4.39 Å². The zero-order chi connectivity index (χ0) is 9.14. The van der Waals surface area contributed by atoms with Gasteiger partial charge < -0.3 is 5.73 Å². The Kier molecular flexibility index (Phi) is 2.78. The minimum atomic E-state index is -0.369. The van der Waals surface area contributed by atoms with E-state index in [4.69, 9.17) is 5.73 Å². The predicted octanol–water partition coefficient (Wildman–Crippen LogP) is 1.34. The van der Waals surface area contributed by atoms with Crippen LogP contribution in [0.25, 0.3) is 0 Å². The zero-order valence-electron chi connectivity index (χ0n) is 7.29. The Labute approximate surface area is 71.8 Å². The molecule has 0 radical (unpaired) electrons. The lowest BCUT2D eigenvalue weighted by Crippen LogP contribution is -2.28. The largest absolute Gasteiger partial charge is 0.312 e. The molecule has 1 aromatic carbocycles. The molecule has 1 unspecified atom stereocenters. The Morgan fingerprint density at radius 1 is 1.33 bits per heavy atom. The minimum absolute atomic E-state index is 0.251. The number of nitrogens with zero attached hydrogens (tertiary/aromatic N) is 1. The fourth-order valence-electron chi connectivity index (χ4n) is 0.993. The number of hydrogen-bond acceptors (Lipinski definition) is 2. The standard InChI is InChI=1S/C9H13FN2/c1-12(2)9(11)7-5-3-4-6-8(7)10/h3-6,9H,11H2,1-2H3. The minimum Gasteiger partial charge on any atom is -0.312 e. The quantitative estimate of drug-likeness (QED) is 0.675. The molecule has 1 atom stereocenters. The van der Waals surface area contributed by atoms with Crippen molar-refractivity contribution >= 4 is 0 Å². The van der Waals surface area contributed by atoms with Crippen molar-refractivity contribution in [3.63, 3.8) is 0 Å². The Bertz CT molecular complexity index is 260. The molecule has 0 saturated carbocycles. The Morgan fingerprint density at radius 2 is 1.92 bits per heavy atom. The van der Waals surface area contributed by atoms with E-state index in [9.17, 15) is 4.39 Å². The fourth-order valence-corrected chi connectivity index (χ4v) is 0.993. The highest BCUT2D eigenvalue weighted by Crippen LogP contribution is 2.15. The van der Waals surface area contributed by atoms with E-state index >= 15 is 0 Å². The van der Waals surface area contributed by atoms with Gasteiger partial charge in [-0.1, -0.05) is 18.2 Å². The van der Waals surface area contributed by atoms with E-state index in [1.807, 2.05) is 14.1 Å². The van der Waals surface area contributed by atoms with E-state index in [-0.39, 0.29) is 12.0 Å². The van der Waals surface area contributed by atoms with Crippen molar-refractivity contribution in [3.05, 3.63) is 35.6 Å². The molecule has 1 aromatic rings. The van der Waals surface area contributed by atoms with Crippen molar-refractivity contribution in [2.45, 2.75) is 6.17 Å². The molecule has 0 aromatic heterocycles. The average Bonchev–Trinajstić information content (AvgIpc) is 2.04. The summed E-state index contributed by atoms with van der Waals surface area (Å²) in [5.74, 6) is -0.251. The van der Waals surface area contributed by atoms with Crippen LogP contribution >= 0.6 is 0 Å². The number of rotatable bonds is 2. The van der Waals surface area contributed by atoms with Crippen molar-refractivity contribution in [2.24, 2.45) is 5.73 Å². The molecular weight excluding hydrogens is 155 g/mol. The van der Waals surface area contributed by atoms with E-state index in [1.54, 1.807) is 23.1 Å². The van der Waals surface area contributed by atoms with Gasteiger partial charge in [0.25, 0.3) is 0 Å². The number of benzene rings is 1. The molecule has 0 bridgehead atoms. The molecule has 0 fully saturated rings. The van der Waals surface area contributed by atoms with Crippen LogP contribution in [0, 0.1) is 5.82 Å². The second-order valence-electron chi connectivity index (χ2n) is 2.93. The van der Waals surface area contributed by atoms with Crippen molar-refractivity contribution in [3.8, 4) is 0 Å². The van der Waals surface area contributed by atoms with Gasteiger partial charge in [-0.15, -0.1) is 0 Å². The van der Waals surface area contributed by atoms with E-state index in [2.05, 4.69) is 0 Å². The zero-order valence-corrected chi connectivity index (χ0v) is 7.29. The summed E-state index contributed by atoms with van der Waals surface area (Å²) in [5.41, 5.74) is 6.25. The van der Waals surface area contributed by atoms with Crippen LogP contribution in [0.4, 0.5) is 4.39 Å². The molecule has 3 heteroatoms. The molecule has 12 heavy (non-hydrogen) atoms. The third-order valence-corrected chi connectivity index (χ3v) is 1.78. The maximum Gasteiger partial charge on any atom is 0.129 e. The summed E-state index contributed by atoms with van der Waals surface area (Å²) < 4.78 is 13.1. The Morgan fingerprint density at radius 3 is 2.42 bits per heavy atom. The molecule has 0 saturated heterocycles. The van der Waals surface area contributed by atoms with E-state index in [1.165, 1.54) is 6.07 Å². The van der Waals surface area contributed by atoms with Gasteiger partial charge in [-0.05, 0) is 20.2 Å². The van der Waals surface area contributed by atoms with E-state index in [0.29, 0.717) is 5.56 Å². The lowest BCUT2D eigenvalue weighted by Gasteiger charge is -2.20. The molecular formula is C9H13FN2. The normalized spacial score (nSPS) is 13.4. The SMILES string of the molecule is CN(C)C(N)c1ccccc1F.